The Morgan fingerprint density at radius 2 is 1.96 bits per heavy atom. The van der Waals surface area contributed by atoms with Gasteiger partial charge in [-0.15, -0.1) is 11.8 Å². The minimum Gasteiger partial charge on any atom is -0.350 e. The first-order chi connectivity index (χ1) is 12.5. The largest absolute Gasteiger partial charge is 0.350 e. The van der Waals surface area contributed by atoms with Crippen LogP contribution in [0.1, 0.15) is 28.9 Å². The van der Waals surface area contributed by atoms with Crippen molar-refractivity contribution in [3.05, 3.63) is 59.7 Å². The molecule has 0 aromatic heterocycles. The van der Waals surface area contributed by atoms with Gasteiger partial charge in [-0.05, 0) is 44.8 Å². The number of nitrogens with zero attached hydrogens (tertiary/aromatic N) is 1. The molecule has 136 valence electrons. The van der Waals surface area contributed by atoms with Crippen LogP contribution in [0.25, 0.3) is 0 Å². The lowest BCUT2D eigenvalue weighted by Gasteiger charge is -2.25. The maximum atomic E-state index is 12.6. The first-order valence-electron chi connectivity index (χ1n) is 8.57. The molecule has 2 unspecified atom stereocenters. The van der Waals surface area contributed by atoms with E-state index in [9.17, 15) is 9.59 Å². The molecule has 0 bridgehead atoms. The van der Waals surface area contributed by atoms with Crippen molar-refractivity contribution in [2.75, 3.05) is 26.0 Å². The molecule has 0 saturated carbocycles. The Balaban J connectivity index is 1.70. The maximum Gasteiger partial charge on any atom is 0.251 e. The number of likely N-dealkylation sites (N-methyl/N-ethyl adjacent to an activating group) is 1. The molecule has 3 rings (SSSR count). The molecule has 0 spiro atoms. The predicted octanol–water partition coefficient (Wildman–Crippen LogP) is 3.15. The van der Waals surface area contributed by atoms with E-state index < -0.39 is 0 Å². The minimum absolute atomic E-state index is 0.0307. The van der Waals surface area contributed by atoms with E-state index >= 15 is 0 Å². The van der Waals surface area contributed by atoms with E-state index in [0.717, 1.165) is 10.5 Å². The lowest BCUT2D eigenvalue weighted by atomic mass is 10.1. The lowest BCUT2D eigenvalue weighted by molar-refractivity contribution is -0.115. The second-order valence-electron chi connectivity index (χ2n) is 6.56. The van der Waals surface area contributed by atoms with Gasteiger partial charge in [0.05, 0.1) is 17.0 Å². The molecule has 1 heterocycles. The number of nitrogens with one attached hydrogen (secondary N) is 2. The summed E-state index contributed by atoms with van der Waals surface area (Å²) in [6.07, 6.45) is 0. The Kier molecular flexibility index (Phi) is 5.64. The summed E-state index contributed by atoms with van der Waals surface area (Å²) in [7, 11) is 3.99. The van der Waals surface area contributed by atoms with Gasteiger partial charge in [-0.2, -0.15) is 0 Å². The Morgan fingerprint density at radius 1 is 1.23 bits per heavy atom. The molecule has 2 atom stereocenters. The maximum absolute atomic E-state index is 12.6. The summed E-state index contributed by atoms with van der Waals surface area (Å²) in [4.78, 5) is 27.5. The smallest absolute Gasteiger partial charge is 0.251 e. The van der Waals surface area contributed by atoms with Gasteiger partial charge in [-0.25, -0.2) is 0 Å². The number of hydrogen-bond acceptors (Lipinski definition) is 4. The zero-order valence-corrected chi connectivity index (χ0v) is 16.0. The Morgan fingerprint density at radius 3 is 2.65 bits per heavy atom. The van der Waals surface area contributed by atoms with E-state index in [0.29, 0.717) is 17.8 Å². The molecule has 0 aliphatic carbocycles. The summed E-state index contributed by atoms with van der Waals surface area (Å²) >= 11 is 1.51. The van der Waals surface area contributed by atoms with E-state index in [1.807, 2.05) is 45.3 Å². The summed E-state index contributed by atoms with van der Waals surface area (Å²) < 4.78 is 0. The van der Waals surface area contributed by atoms with Crippen LogP contribution in [0.3, 0.4) is 0 Å². The van der Waals surface area contributed by atoms with Crippen molar-refractivity contribution < 1.29 is 9.59 Å². The summed E-state index contributed by atoms with van der Waals surface area (Å²) in [5.41, 5.74) is 2.41. The quantitative estimate of drug-likeness (QED) is 0.850. The monoisotopic (exact) mass is 369 g/mol. The van der Waals surface area contributed by atoms with E-state index in [-0.39, 0.29) is 23.1 Å². The van der Waals surface area contributed by atoms with Gasteiger partial charge in [0.2, 0.25) is 5.91 Å². The molecular weight excluding hydrogens is 346 g/mol. The number of amides is 2. The van der Waals surface area contributed by atoms with Gasteiger partial charge in [0.1, 0.15) is 0 Å². The van der Waals surface area contributed by atoms with Crippen LogP contribution < -0.4 is 10.6 Å². The first-order valence-corrected chi connectivity index (χ1v) is 9.45. The summed E-state index contributed by atoms with van der Waals surface area (Å²) in [5.74, 6) is -0.176. The minimum atomic E-state index is -0.145. The van der Waals surface area contributed by atoms with Crippen LogP contribution in [-0.2, 0) is 4.79 Å². The Labute approximate surface area is 158 Å². The van der Waals surface area contributed by atoms with Crippen molar-refractivity contribution in [1.29, 1.82) is 0 Å². The second kappa shape index (κ2) is 7.93. The highest BCUT2D eigenvalue weighted by Crippen LogP contribution is 2.35. The number of carbonyl (C=O) groups is 2. The molecule has 0 fully saturated rings. The Bertz CT molecular complexity index is 808. The fourth-order valence-electron chi connectivity index (χ4n) is 2.92. The summed E-state index contributed by atoms with van der Waals surface area (Å²) in [6.45, 7) is 2.37. The van der Waals surface area contributed by atoms with Crippen molar-refractivity contribution >= 4 is 29.3 Å². The fraction of sp³-hybridized carbons (Fsp3) is 0.300. The third-order valence-corrected chi connectivity index (χ3v) is 5.61. The van der Waals surface area contributed by atoms with Crippen LogP contribution in [0.2, 0.25) is 0 Å². The van der Waals surface area contributed by atoms with E-state index in [2.05, 4.69) is 27.7 Å². The molecule has 2 aromatic carbocycles. The third-order valence-electron chi connectivity index (χ3n) is 4.44. The molecule has 2 amide bonds. The highest BCUT2D eigenvalue weighted by molar-refractivity contribution is 8.00. The number of thioether (sulfide) groups is 1. The van der Waals surface area contributed by atoms with Crippen LogP contribution in [0.4, 0.5) is 5.69 Å². The van der Waals surface area contributed by atoms with Gasteiger partial charge in [0.15, 0.2) is 0 Å². The molecule has 0 saturated heterocycles. The summed E-state index contributed by atoms with van der Waals surface area (Å²) in [5, 5.41) is 5.75. The summed E-state index contributed by atoms with van der Waals surface area (Å²) in [6, 6.07) is 15.6. The second-order valence-corrected chi connectivity index (χ2v) is 7.94. The van der Waals surface area contributed by atoms with Gasteiger partial charge < -0.3 is 15.5 Å². The standard InChI is InChI=1S/C20H23N3O2S/c1-13-19(24)22-16-11-15(9-10-18(16)26-13)20(25)21-12-17(23(2)3)14-7-5-4-6-8-14/h4-11,13,17H,12H2,1-3H3,(H,21,25)(H,22,24). The van der Waals surface area contributed by atoms with E-state index in [4.69, 9.17) is 0 Å². The van der Waals surface area contributed by atoms with Crippen molar-refractivity contribution in [1.82, 2.24) is 10.2 Å². The van der Waals surface area contributed by atoms with Crippen molar-refractivity contribution in [3.63, 3.8) is 0 Å². The van der Waals surface area contributed by atoms with Crippen molar-refractivity contribution in [2.45, 2.75) is 23.1 Å². The first kappa shape index (κ1) is 18.5. The molecule has 2 aromatic rings. The zero-order chi connectivity index (χ0) is 18.7. The highest BCUT2D eigenvalue weighted by Gasteiger charge is 2.24. The van der Waals surface area contributed by atoms with Crippen LogP contribution in [-0.4, -0.2) is 42.6 Å². The molecule has 1 aliphatic heterocycles. The Hall–Kier alpha value is -2.31. The normalized spacial score (nSPS) is 17.4. The zero-order valence-electron chi connectivity index (χ0n) is 15.2. The average Bonchev–Trinajstić information content (AvgIpc) is 2.63. The number of fused-ring (bicyclic) bond motifs is 1. The third kappa shape index (κ3) is 4.08. The van der Waals surface area contributed by atoms with Crippen molar-refractivity contribution in [3.8, 4) is 0 Å². The van der Waals surface area contributed by atoms with Crippen LogP contribution >= 0.6 is 11.8 Å². The number of anilines is 1. The molecule has 5 nitrogen and oxygen atoms in total. The lowest BCUT2D eigenvalue weighted by Crippen LogP contribution is -2.34. The average molecular weight is 369 g/mol. The van der Waals surface area contributed by atoms with Gasteiger partial charge in [0, 0.05) is 17.0 Å². The molecule has 26 heavy (non-hydrogen) atoms. The molecule has 0 radical (unpaired) electrons. The molecule has 6 heteroatoms. The number of rotatable bonds is 5. The van der Waals surface area contributed by atoms with Crippen LogP contribution in [0.5, 0.6) is 0 Å². The number of hydrogen-bond donors (Lipinski definition) is 2. The van der Waals surface area contributed by atoms with Crippen LogP contribution in [0, 0.1) is 0 Å². The molecule has 1 aliphatic rings. The highest BCUT2D eigenvalue weighted by atomic mass is 32.2. The van der Waals surface area contributed by atoms with Crippen molar-refractivity contribution in [2.24, 2.45) is 0 Å². The number of benzene rings is 2. The van der Waals surface area contributed by atoms with Gasteiger partial charge >= 0.3 is 0 Å². The van der Waals surface area contributed by atoms with Gasteiger partial charge in [-0.3, -0.25) is 9.59 Å². The number of carbonyl (C=O) groups excluding carboxylic acids is 2. The SMILES string of the molecule is CC1Sc2ccc(C(=O)NCC(c3ccccc3)N(C)C)cc2NC1=O. The molecular formula is C20H23N3O2S. The van der Waals surface area contributed by atoms with Crippen LogP contribution in [0.15, 0.2) is 53.4 Å². The van der Waals surface area contributed by atoms with Gasteiger partial charge in [0.25, 0.3) is 5.91 Å². The molecule has 2 N–H and O–H groups in total. The fourth-order valence-corrected chi connectivity index (χ4v) is 3.85. The topological polar surface area (TPSA) is 61.4 Å². The predicted molar refractivity (Wildman–Crippen MR) is 106 cm³/mol. The van der Waals surface area contributed by atoms with Gasteiger partial charge in [-0.1, -0.05) is 30.3 Å². The van der Waals surface area contributed by atoms with E-state index in [1.54, 1.807) is 12.1 Å². The van der Waals surface area contributed by atoms with E-state index in [1.165, 1.54) is 11.8 Å².